The number of amides is 2. The second-order valence-corrected chi connectivity index (χ2v) is 8.49. The van der Waals surface area contributed by atoms with Crippen LogP contribution >= 0.6 is 11.8 Å². The van der Waals surface area contributed by atoms with Gasteiger partial charge in [0.15, 0.2) is 0 Å². The number of fused-ring (bicyclic) bond motifs is 1. The zero-order chi connectivity index (χ0) is 22.7. The highest BCUT2D eigenvalue weighted by atomic mass is 32.2. The van der Waals surface area contributed by atoms with E-state index in [2.05, 4.69) is 5.32 Å². The Morgan fingerprint density at radius 3 is 2.59 bits per heavy atom. The monoisotopic (exact) mass is 447 g/mol. The van der Waals surface area contributed by atoms with Gasteiger partial charge in [-0.05, 0) is 43.2 Å². The lowest BCUT2D eigenvalue weighted by molar-refractivity contribution is -0.384. The van der Waals surface area contributed by atoms with Crippen molar-refractivity contribution in [1.82, 2.24) is 0 Å². The van der Waals surface area contributed by atoms with Crippen LogP contribution < -0.4 is 10.2 Å². The Hall–Kier alpha value is -3.65. The topological polar surface area (TPSA) is 92.6 Å². The molecule has 1 N–H and O–H groups in total. The Balaban J connectivity index is 1.49. The predicted molar refractivity (Wildman–Crippen MR) is 125 cm³/mol. The average molecular weight is 448 g/mol. The highest BCUT2D eigenvalue weighted by Gasteiger charge is 2.28. The Morgan fingerprint density at radius 2 is 1.84 bits per heavy atom. The number of nitro groups is 1. The van der Waals surface area contributed by atoms with Gasteiger partial charge in [-0.3, -0.25) is 19.7 Å². The molecule has 32 heavy (non-hydrogen) atoms. The third-order valence-corrected chi connectivity index (χ3v) is 6.31. The van der Waals surface area contributed by atoms with Gasteiger partial charge in [-0.2, -0.15) is 0 Å². The van der Waals surface area contributed by atoms with E-state index in [4.69, 9.17) is 0 Å². The van der Waals surface area contributed by atoms with Gasteiger partial charge in [0.2, 0.25) is 5.91 Å². The van der Waals surface area contributed by atoms with E-state index < -0.39 is 4.92 Å². The number of benzene rings is 3. The molecule has 3 aromatic rings. The van der Waals surface area contributed by atoms with E-state index in [1.807, 2.05) is 43.3 Å². The number of carbonyl (C=O) groups excluding carboxylic acids is 2. The first-order chi connectivity index (χ1) is 15.4. The summed E-state index contributed by atoms with van der Waals surface area (Å²) in [6.45, 7) is 2.44. The van der Waals surface area contributed by atoms with Crippen molar-refractivity contribution < 1.29 is 14.5 Å². The molecular formula is C24H21N3O4S. The van der Waals surface area contributed by atoms with Crippen LogP contribution in [0.3, 0.4) is 0 Å². The maximum Gasteiger partial charge on any atom is 0.271 e. The summed E-state index contributed by atoms with van der Waals surface area (Å²) in [5.41, 5.74) is 3.74. The molecule has 0 saturated carbocycles. The number of anilines is 2. The van der Waals surface area contributed by atoms with Crippen molar-refractivity contribution in [3.8, 4) is 0 Å². The van der Waals surface area contributed by atoms with Gasteiger partial charge < -0.3 is 10.2 Å². The van der Waals surface area contributed by atoms with Gasteiger partial charge in [0.25, 0.3) is 11.6 Å². The molecule has 1 heterocycles. The zero-order valence-corrected chi connectivity index (χ0v) is 18.2. The highest BCUT2D eigenvalue weighted by molar-refractivity contribution is 8.00. The summed E-state index contributed by atoms with van der Waals surface area (Å²) in [6.07, 6.45) is 0.646. The number of nitrogens with zero attached hydrogens (tertiary/aromatic N) is 2. The number of hydrogen-bond donors (Lipinski definition) is 1. The number of thioether (sulfide) groups is 1. The van der Waals surface area contributed by atoms with Crippen LogP contribution in [0, 0.1) is 17.0 Å². The summed E-state index contributed by atoms with van der Waals surface area (Å²) >= 11 is 1.29. The minimum Gasteiger partial charge on any atom is -0.325 e. The second kappa shape index (κ2) is 9.23. The molecule has 0 bridgehead atoms. The molecule has 8 heteroatoms. The molecular weight excluding hydrogens is 426 g/mol. The molecule has 0 aliphatic carbocycles. The number of nitrogens with one attached hydrogen (secondary N) is 1. The van der Waals surface area contributed by atoms with Crippen molar-refractivity contribution in [2.45, 2.75) is 18.2 Å². The van der Waals surface area contributed by atoms with E-state index in [0.717, 1.165) is 16.8 Å². The van der Waals surface area contributed by atoms with E-state index in [1.54, 1.807) is 23.1 Å². The fourth-order valence-electron chi connectivity index (χ4n) is 3.58. The van der Waals surface area contributed by atoms with Crippen LogP contribution in [0.4, 0.5) is 17.1 Å². The molecule has 0 spiro atoms. The van der Waals surface area contributed by atoms with Crippen molar-refractivity contribution in [2.24, 2.45) is 0 Å². The van der Waals surface area contributed by atoms with Crippen molar-refractivity contribution in [1.29, 1.82) is 0 Å². The number of hydrogen-bond acceptors (Lipinski definition) is 5. The smallest absolute Gasteiger partial charge is 0.271 e. The fourth-order valence-corrected chi connectivity index (χ4v) is 4.43. The van der Waals surface area contributed by atoms with Gasteiger partial charge in [0, 0.05) is 29.3 Å². The molecule has 0 unspecified atom stereocenters. The van der Waals surface area contributed by atoms with E-state index >= 15 is 0 Å². The zero-order valence-electron chi connectivity index (χ0n) is 17.4. The molecule has 162 valence electrons. The SMILES string of the molecule is Cc1ccc(NC(=O)CSc2ccccc2C(=O)N2CCc3ccc([N+](=O)[O-])cc32)cc1. The van der Waals surface area contributed by atoms with Crippen molar-refractivity contribution in [3.05, 3.63) is 93.5 Å². The molecule has 0 radical (unpaired) electrons. The lowest BCUT2D eigenvalue weighted by Crippen LogP contribution is -2.29. The number of carbonyl (C=O) groups is 2. The summed E-state index contributed by atoms with van der Waals surface area (Å²) in [6, 6.07) is 19.3. The van der Waals surface area contributed by atoms with Crippen LogP contribution in [0.5, 0.6) is 0 Å². The summed E-state index contributed by atoms with van der Waals surface area (Å²) in [4.78, 5) is 38.7. The first-order valence-electron chi connectivity index (χ1n) is 10.1. The van der Waals surface area contributed by atoms with Crippen LogP contribution in [0.1, 0.15) is 21.5 Å². The second-order valence-electron chi connectivity index (χ2n) is 7.48. The normalized spacial score (nSPS) is 12.3. The van der Waals surface area contributed by atoms with Gasteiger partial charge in [0.1, 0.15) is 0 Å². The van der Waals surface area contributed by atoms with Crippen LogP contribution in [-0.2, 0) is 11.2 Å². The maximum absolute atomic E-state index is 13.3. The van der Waals surface area contributed by atoms with Gasteiger partial charge in [0.05, 0.1) is 21.9 Å². The Morgan fingerprint density at radius 1 is 1.09 bits per heavy atom. The minimum absolute atomic E-state index is 0.0427. The first kappa shape index (κ1) is 21.6. The Bertz CT molecular complexity index is 1190. The Kier molecular flexibility index (Phi) is 6.23. The highest BCUT2D eigenvalue weighted by Crippen LogP contribution is 2.34. The van der Waals surface area contributed by atoms with Gasteiger partial charge in [-0.15, -0.1) is 11.8 Å². The molecule has 3 aromatic carbocycles. The van der Waals surface area contributed by atoms with Crippen molar-refractivity contribution >= 4 is 40.6 Å². The number of nitro benzene ring substituents is 1. The third kappa shape index (κ3) is 4.65. The van der Waals surface area contributed by atoms with Gasteiger partial charge in [-0.25, -0.2) is 0 Å². The molecule has 4 rings (SSSR count). The van der Waals surface area contributed by atoms with Crippen molar-refractivity contribution in [2.75, 3.05) is 22.5 Å². The van der Waals surface area contributed by atoms with Crippen LogP contribution in [0.25, 0.3) is 0 Å². The summed E-state index contributed by atoms with van der Waals surface area (Å²) in [7, 11) is 0. The van der Waals surface area contributed by atoms with E-state index in [0.29, 0.717) is 29.1 Å². The first-order valence-corrected chi connectivity index (χ1v) is 11.1. The molecule has 0 aromatic heterocycles. The summed E-state index contributed by atoms with van der Waals surface area (Å²) in [5, 5.41) is 14.0. The summed E-state index contributed by atoms with van der Waals surface area (Å²) < 4.78 is 0. The molecule has 0 saturated heterocycles. The number of rotatable bonds is 6. The molecule has 0 atom stereocenters. The number of aryl methyl sites for hydroxylation is 1. The van der Waals surface area contributed by atoms with Crippen LogP contribution in [-0.4, -0.2) is 29.0 Å². The van der Waals surface area contributed by atoms with Crippen molar-refractivity contribution in [3.63, 3.8) is 0 Å². The molecule has 2 amide bonds. The lowest BCUT2D eigenvalue weighted by atomic mass is 10.1. The maximum atomic E-state index is 13.3. The third-order valence-electron chi connectivity index (χ3n) is 5.23. The minimum atomic E-state index is -0.461. The lowest BCUT2D eigenvalue weighted by Gasteiger charge is -2.19. The fraction of sp³-hybridized carbons (Fsp3) is 0.167. The Labute approximate surface area is 189 Å². The van der Waals surface area contributed by atoms with Crippen LogP contribution in [0.2, 0.25) is 0 Å². The average Bonchev–Trinajstić information content (AvgIpc) is 3.22. The quantitative estimate of drug-likeness (QED) is 0.332. The van der Waals surface area contributed by atoms with Gasteiger partial charge >= 0.3 is 0 Å². The van der Waals surface area contributed by atoms with Gasteiger partial charge in [-0.1, -0.05) is 35.9 Å². The molecule has 0 fully saturated rings. The standard InChI is InChI=1S/C24H21N3O4S/c1-16-6-9-18(10-7-16)25-23(28)15-32-22-5-3-2-4-20(22)24(29)26-13-12-17-8-11-19(27(30)31)14-21(17)26/h2-11,14H,12-13,15H2,1H3,(H,25,28). The largest absolute Gasteiger partial charge is 0.325 e. The van der Waals surface area contributed by atoms with E-state index in [-0.39, 0.29) is 23.3 Å². The molecule has 1 aliphatic heterocycles. The predicted octanol–water partition coefficient (Wildman–Crippen LogP) is 4.84. The van der Waals surface area contributed by atoms with E-state index in [9.17, 15) is 19.7 Å². The summed E-state index contributed by atoms with van der Waals surface area (Å²) in [5.74, 6) is -0.241. The molecule has 7 nitrogen and oxygen atoms in total. The number of non-ortho nitro benzene ring substituents is 1. The molecule has 1 aliphatic rings. The van der Waals surface area contributed by atoms with Crippen LogP contribution in [0.15, 0.2) is 71.6 Å². The van der Waals surface area contributed by atoms with E-state index in [1.165, 1.54) is 23.9 Å².